The summed E-state index contributed by atoms with van der Waals surface area (Å²) in [6.45, 7) is 0. The highest BCUT2D eigenvalue weighted by Crippen LogP contribution is 2.29. The number of hydrogen-bond acceptors (Lipinski definition) is 2. The van der Waals surface area contributed by atoms with E-state index >= 15 is 0 Å². The van der Waals surface area contributed by atoms with Crippen molar-refractivity contribution in [1.82, 2.24) is 0 Å². The minimum Gasteiger partial charge on any atom is -0.410 e. The first kappa shape index (κ1) is 10.7. The standard InChI is InChI=1S/C11H7ClFNO2/c12-8-3-1-2-6-4-7(16-11(14)15)5-9(13)10(6)8/h1-5H,(H2,14,15). The zero-order valence-electron chi connectivity index (χ0n) is 8.04. The van der Waals surface area contributed by atoms with Gasteiger partial charge in [-0.15, -0.1) is 0 Å². The molecule has 2 rings (SSSR count). The van der Waals surface area contributed by atoms with Crippen LogP contribution in [0.15, 0.2) is 30.3 Å². The fourth-order valence-electron chi connectivity index (χ4n) is 1.48. The van der Waals surface area contributed by atoms with E-state index in [1.165, 1.54) is 6.07 Å². The lowest BCUT2D eigenvalue weighted by atomic mass is 10.1. The van der Waals surface area contributed by atoms with Crippen LogP contribution in [0.4, 0.5) is 9.18 Å². The molecule has 82 valence electrons. The lowest BCUT2D eigenvalue weighted by Gasteiger charge is -2.05. The van der Waals surface area contributed by atoms with E-state index in [-0.39, 0.29) is 5.75 Å². The van der Waals surface area contributed by atoms with Gasteiger partial charge < -0.3 is 10.5 Å². The Bertz CT molecular complexity index is 571. The minimum atomic E-state index is -0.985. The number of amides is 1. The number of halogens is 2. The molecule has 0 saturated heterocycles. The van der Waals surface area contributed by atoms with Crippen LogP contribution in [0.5, 0.6) is 5.75 Å². The molecule has 0 radical (unpaired) electrons. The zero-order chi connectivity index (χ0) is 11.7. The van der Waals surface area contributed by atoms with Crippen molar-refractivity contribution in [1.29, 1.82) is 0 Å². The molecule has 0 fully saturated rings. The van der Waals surface area contributed by atoms with E-state index in [9.17, 15) is 9.18 Å². The van der Waals surface area contributed by atoms with Crippen molar-refractivity contribution in [3.05, 3.63) is 41.2 Å². The number of rotatable bonds is 1. The van der Waals surface area contributed by atoms with E-state index in [4.69, 9.17) is 17.3 Å². The molecule has 0 aliphatic carbocycles. The van der Waals surface area contributed by atoms with Crippen molar-refractivity contribution in [2.24, 2.45) is 5.73 Å². The summed E-state index contributed by atoms with van der Waals surface area (Å²) in [6, 6.07) is 7.49. The third kappa shape index (κ3) is 1.92. The Labute approximate surface area is 95.6 Å². The summed E-state index contributed by atoms with van der Waals surface area (Å²) in [4.78, 5) is 10.5. The average molecular weight is 240 g/mol. The Morgan fingerprint density at radius 1 is 1.38 bits per heavy atom. The molecule has 0 bridgehead atoms. The molecule has 2 aromatic carbocycles. The highest BCUT2D eigenvalue weighted by molar-refractivity contribution is 6.35. The Kier molecular flexibility index (Phi) is 2.66. The Hall–Kier alpha value is -1.81. The van der Waals surface area contributed by atoms with E-state index in [0.29, 0.717) is 15.8 Å². The van der Waals surface area contributed by atoms with Crippen LogP contribution >= 0.6 is 11.6 Å². The summed E-state index contributed by atoms with van der Waals surface area (Å²) in [7, 11) is 0. The van der Waals surface area contributed by atoms with Crippen LogP contribution in [0, 0.1) is 5.82 Å². The SMILES string of the molecule is NC(=O)Oc1cc(F)c2c(Cl)cccc2c1. The predicted octanol–water partition coefficient (Wildman–Crippen LogP) is 3.09. The van der Waals surface area contributed by atoms with Gasteiger partial charge in [0.25, 0.3) is 0 Å². The highest BCUT2D eigenvalue weighted by Gasteiger charge is 2.09. The molecule has 0 heterocycles. The lowest BCUT2D eigenvalue weighted by molar-refractivity contribution is 0.211. The number of hydrogen-bond donors (Lipinski definition) is 1. The molecular formula is C11H7ClFNO2. The van der Waals surface area contributed by atoms with Gasteiger partial charge >= 0.3 is 6.09 Å². The van der Waals surface area contributed by atoms with Crippen LogP contribution in [0.25, 0.3) is 10.8 Å². The van der Waals surface area contributed by atoms with E-state index in [1.807, 2.05) is 0 Å². The maximum absolute atomic E-state index is 13.6. The fraction of sp³-hybridized carbons (Fsp3) is 0. The molecule has 2 aromatic rings. The van der Waals surface area contributed by atoms with Gasteiger partial charge in [0.05, 0.1) is 5.02 Å². The smallest absolute Gasteiger partial charge is 0.409 e. The molecule has 0 spiro atoms. The van der Waals surface area contributed by atoms with Crippen molar-refractivity contribution >= 4 is 28.5 Å². The Balaban J connectivity index is 2.64. The van der Waals surface area contributed by atoms with Crippen LogP contribution < -0.4 is 10.5 Å². The Morgan fingerprint density at radius 2 is 2.12 bits per heavy atom. The van der Waals surface area contributed by atoms with Crippen LogP contribution in [0.3, 0.4) is 0 Å². The first-order valence-corrected chi connectivity index (χ1v) is 4.81. The van der Waals surface area contributed by atoms with Gasteiger partial charge in [-0.25, -0.2) is 9.18 Å². The molecule has 0 atom stereocenters. The number of ether oxygens (including phenoxy) is 1. The third-order valence-electron chi connectivity index (χ3n) is 2.07. The van der Waals surface area contributed by atoms with Gasteiger partial charge in [0.15, 0.2) is 0 Å². The van der Waals surface area contributed by atoms with E-state index in [1.54, 1.807) is 18.2 Å². The second-order valence-electron chi connectivity index (χ2n) is 3.16. The van der Waals surface area contributed by atoms with E-state index < -0.39 is 11.9 Å². The van der Waals surface area contributed by atoms with Crippen molar-refractivity contribution in [2.45, 2.75) is 0 Å². The quantitative estimate of drug-likeness (QED) is 0.831. The number of benzene rings is 2. The van der Waals surface area contributed by atoms with E-state index in [2.05, 4.69) is 4.74 Å². The predicted molar refractivity (Wildman–Crippen MR) is 59.1 cm³/mol. The number of carbonyl (C=O) groups is 1. The maximum Gasteiger partial charge on any atom is 0.409 e. The summed E-state index contributed by atoms with van der Waals surface area (Å²) >= 11 is 5.85. The number of nitrogens with two attached hydrogens (primary N) is 1. The zero-order valence-corrected chi connectivity index (χ0v) is 8.79. The Morgan fingerprint density at radius 3 is 2.81 bits per heavy atom. The van der Waals surface area contributed by atoms with Gasteiger partial charge in [-0.2, -0.15) is 0 Å². The minimum absolute atomic E-state index is 0.0553. The number of carbonyl (C=O) groups excluding carboxylic acids is 1. The normalized spacial score (nSPS) is 10.4. The molecule has 0 unspecified atom stereocenters. The molecule has 3 nitrogen and oxygen atoms in total. The van der Waals surface area contributed by atoms with Gasteiger partial charge in [-0.1, -0.05) is 23.7 Å². The summed E-state index contributed by atoms with van der Waals surface area (Å²) < 4.78 is 18.2. The molecule has 0 aromatic heterocycles. The largest absolute Gasteiger partial charge is 0.410 e. The third-order valence-corrected chi connectivity index (χ3v) is 2.38. The van der Waals surface area contributed by atoms with Gasteiger partial charge in [-0.3, -0.25) is 0 Å². The van der Waals surface area contributed by atoms with Crippen molar-refractivity contribution < 1.29 is 13.9 Å². The average Bonchev–Trinajstić information content (AvgIpc) is 2.15. The van der Waals surface area contributed by atoms with Crippen LogP contribution in [-0.2, 0) is 0 Å². The summed E-state index contributed by atoms with van der Waals surface area (Å²) in [5, 5.41) is 1.14. The second kappa shape index (κ2) is 3.98. The first-order valence-electron chi connectivity index (χ1n) is 4.43. The molecule has 0 aliphatic heterocycles. The fourth-order valence-corrected chi connectivity index (χ4v) is 1.75. The van der Waals surface area contributed by atoms with Gasteiger partial charge in [-0.05, 0) is 17.5 Å². The van der Waals surface area contributed by atoms with Gasteiger partial charge in [0.2, 0.25) is 0 Å². The summed E-state index contributed by atoms with van der Waals surface area (Å²) in [5.41, 5.74) is 4.84. The van der Waals surface area contributed by atoms with Crippen molar-refractivity contribution in [3.63, 3.8) is 0 Å². The van der Waals surface area contributed by atoms with Gasteiger partial charge in [0.1, 0.15) is 11.6 Å². The van der Waals surface area contributed by atoms with Crippen LogP contribution in [0.1, 0.15) is 0 Å². The van der Waals surface area contributed by atoms with Crippen molar-refractivity contribution in [3.8, 4) is 5.75 Å². The number of primary amides is 1. The van der Waals surface area contributed by atoms with Gasteiger partial charge in [0, 0.05) is 11.5 Å². The lowest BCUT2D eigenvalue weighted by Crippen LogP contribution is -2.16. The topological polar surface area (TPSA) is 52.3 Å². The van der Waals surface area contributed by atoms with Crippen molar-refractivity contribution in [2.75, 3.05) is 0 Å². The summed E-state index contributed by atoms with van der Waals surface area (Å²) in [5.74, 6) is -0.501. The molecule has 16 heavy (non-hydrogen) atoms. The van der Waals surface area contributed by atoms with Crippen LogP contribution in [0.2, 0.25) is 5.02 Å². The van der Waals surface area contributed by atoms with E-state index in [0.717, 1.165) is 6.07 Å². The monoisotopic (exact) mass is 239 g/mol. The molecule has 0 aliphatic rings. The molecule has 1 amide bonds. The highest BCUT2D eigenvalue weighted by atomic mass is 35.5. The maximum atomic E-state index is 13.6. The first-order chi connectivity index (χ1) is 7.58. The molecular weight excluding hydrogens is 233 g/mol. The number of fused-ring (bicyclic) bond motifs is 1. The van der Waals surface area contributed by atoms with Crippen LogP contribution in [-0.4, -0.2) is 6.09 Å². The molecule has 0 saturated carbocycles. The molecule has 5 heteroatoms. The summed E-state index contributed by atoms with van der Waals surface area (Å²) in [6.07, 6.45) is -0.985. The molecule has 2 N–H and O–H groups in total. The second-order valence-corrected chi connectivity index (χ2v) is 3.57.